The molecule has 0 bridgehead atoms. The van der Waals surface area contributed by atoms with E-state index in [4.69, 9.17) is 27.9 Å². The molecule has 0 aliphatic rings. The van der Waals surface area contributed by atoms with Crippen molar-refractivity contribution in [2.24, 2.45) is 0 Å². The third-order valence-electron chi connectivity index (χ3n) is 3.58. The minimum absolute atomic E-state index is 0.413. The fraction of sp³-hybridized carbons (Fsp3) is 0.0500. The molecule has 0 aliphatic heterocycles. The summed E-state index contributed by atoms with van der Waals surface area (Å²) in [5.74, 6) is 0.551. The molecule has 3 aromatic carbocycles. The van der Waals surface area contributed by atoms with Gasteiger partial charge >= 0.3 is 0 Å². The van der Waals surface area contributed by atoms with Gasteiger partial charge < -0.3 is 4.74 Å². The van der Waals surface area contributed by atoms with Gasteiger partial charge in [0, 0.05) is 15.6 Å². The summed E-state index contributed by atoms with van der Waals surface area (Å²) >= 11 is 12.2. The minimum Gasteiger partial charge on any atom is -0.488 e. The van der Waals surface area contributed by atoms with Crippen molar-refractivity contribution < 1.29 is 4.74 Å². The SMILES string of the molecule is N#Cc1cc(-c2ccc(Cl)cc2Cl)ccc1OCc1ccccc1. The molecule has 2 nitrogen and oxygen atoms in total. The molecule has 0 aliphatic carbocycles. The molecular weight excluding hydrogens is 341 g/mol. The maximum Gasteiger partial charge on any atom is 0.137 e. The molecule has 0 saturated carbocycles. The van der Waals surface area contributed by atoms with Crippen LogP contribution in [0, 0.1) is 11.3 Å². The molecule has 3 rings (SSSR count). The van der Waals surface area contributed by atoms with Gasteiger partial charge in [-0.25, -0.2) is 0 Å². The van der Waals surface area contributed by atoms with Crippen LogP contribution >= 0.6 is 23.2 Å². The fourth-order valence-corrected chi connectivity index (χ4v) is 2.89. The van der Waals surface area contributed by atoms with E-state index in [0.717, 1.165) is 16.7 Å². The Labute approximate surface area is 150 Å². The Balaban J connectivity index is 1.87. The van der Waals surface area contributed by atoms with E-state index in [-0.39, 0.29) is 0 Å². The van der Waals surface area contributed by atoms with Crippen LogP contribution in [-0.2, 0) is 6.61 Å². The number of rotatable bonds is 4. The molecule has 0 N–H and O–H groups in total. The largest absolute Gasteiger partial charge is 0.488 e. The first-order chi connectivity index (χ1) is 11.7. The second kappa shape index (κ2) is 7.40. The topological polar surface area (TPSA) is 33.0 Å². The summed E-state index contributed by atoms with van der Waals surface area (Å²) in [4.78, 5) is 0. The van der Waals surface area contributed by atoms with Gasteiger partial charge in [-0.3, -0.25) is 0 Å². The smallest absolute Gasteiger partial charge is 0.137 e. The van der Waals surface area contributed by atoms with Gasteiger partial charge in [-0.05, 0) is 35.4 Å². The van der Waals surface area contributed by atoms with Crippen molar-refractivity contribution >= 4 is 23.2 Å². The van der Waals surface area contributed by atoms with Crippen molar-refractivity contribution in [1.82, 2.24) is 0 Å². The predicted molar refractivity (Wildman–Crippen MR) is 97.4 cm³/mol. The second-order valence-electron chi connectivity index (χ2n) is 5.22. The molecule has 0 saturated heterocycles. The molecule has 4 heteroatoms. The Bertz CT molecular complexity index is 901. The van der Waals surface area contributed by atoms with Gasteiger partial charge in [0.25, 0.3) is 0 Å². The number of hydrogen-bond donors (Lipinski definition) is 0. The van der Waals surface area contributed by atoms with Gasteiger partial charge in [0.15, 0.2) is 0 Å². The summed E-state index contributed by atoms with van der Waals surface area (Å²) in [6, 6.07) is 22.7. The number of halogens is 2. The van der Waals surface area contributed by atoms with E-state index in [2.05, 4.69) is 6.07 Å². The zero-order valence-corrected chi connectivity index (χ0v) is 14.2. The van der Waals surface area contributed by atoms with E-state index >= 15 is 0 Å². The molecule has 3 aromatic rings. The van der Waals surface area contributed by atoms with E-state index in [9.17, 15) is 5.26 Å². The van der Waals surface area contributed by atoms with Crippen LogP contribution in [-0.4, -0.2) is 0 Å². The lowest BCUT2D eigenvalue weighted by Gasteiger charge is -2.11. The standard InChI is InChI=1S/C20H13Cl2NO/c21-17-7-8-18(19(22)11-17)15-6-9-20(16(10-15)12-23)24-13-14-4-2-1-3-5-14/h1-11H,13H2. The summed E-state index contributed by atoms with van der Waals surface area (Å²) in [5.41, 5.74) is 3.19. The van der Waals surface area contributed by atoms with E-state index in [1.54, 1.807) is 24.3 Å². The summed E-state index contributed by atoms with van der Waals surface area (Å²) in [7, 11) is 0. The summed E-state index contributed by atoms with van der Waals surface area (Å²) in [6.45, 7) is 0.413. The van der Waals surface area contributed by atoms with Crippen molar-refractivity contribution in [3.63, 3.8) is 0 Å². The van der Waals surface area contributed by atoms with E-state index < -0.39 is 0 Å². The molecule has 0 fully saturated rings. The fourth-order valence-electron chi connectivity index (χ4n) is 2.37. The van der Waals surface area contributed by atoms with Crippen molar-refractivity contribution in [2.45, 2.75) is 6.61 Å². The van der Waals surface area contributed by atoms with Crippen molar-refractivity contribution in [2.75, 3.05) is 0 Å². The van der Waals surface area contributed by atoms with E-state index in [1.165, 1.54) is 0 Å². The molecule has 0 amide bonds. The van der Waals surface area contributed by atoms with Crippen LogP contribution < -0.4 is 4.74 Å². The Hall–Kier alpha value is -2.47. The Morgan fingerprint density at radius 3 is 2.42 bits per heavy atom. The molecule has 0 atom stereocenters. The lowest BCUT2D eigenvalue weighted by Crippen LogP contribution is -1.97. The lowest BCUT2D eigenvalue weighted by atomic mass is 10.0. The molecule has 0 spiro atoms. The molecule has 0 radical (unpaired) electrons. The number of hydrogen-bond acceptors (Lipinski definition) is 2. The van der Waals surface area contributed by atoms with Gasteiger partial charge in [0.1, 0.15) is 18.4 Å². The van der Waals surface area contributed by atoms with Gasteiger partial charge in [0.05, 0.1) is 5.56 Å². The summed E-state index contributed by atoms with van der Waals surface area (Å²) < 4.78 is 5.78. The molecule has 24 heavy (non-hydrogen) atoms. The van der Waals surface area contributed by atoms with Gasteiger partial charge in [0.2, 0.25) is 0 Å². The van der Waals surface area contributed by atoms with Gasteiger partial charge in [-0.1, -0.05) is 65.7 Å². The third-order valence-corrected chi connectivity index (χ3v) is 4.13. The van der Waals surface area contributed by atoms with Crippen molar-refractivity contribution in [1.29, 1.82) is 5.26 Å². The zero-order chi connectivity index (χ0) is 16.9. The first-order valence-corrected chi connectivity index (χ1v) is 8.09. The first-order valence-electron chi connectivity index (χ1n) is 7.33. The maximum atomic E-state index is 9.42. The maximum absolute atomic E-state index is 9.42. The van der Waals surface area contributed by atoms with Crippen LogP contribution in [0.5, 0.6) is 5.75 Å². The third kappa shape index (κ3) is 3.71. The summed E-state index contributed by atoms with van der Waals surface area (Å²) in [5, 5.41) is 10.5. The number of nitriles is 1. The summed E-state index contributed by atoms with van der Waals surface area (Å²) in [6.07, 6.45) is 0. The lowest BCUT2D eigenvalue weighted by molar-refractivity contribution is 0.305. The Morgan fingerprint density at radius 2 is 1.71 bits per heavy atom. The highest BCUT2D eigenvalue weighted by Crippen LogP contribution is 2.33. The number of ether oxygens (including phenoxy) is 1. The van der Waals surface area contributed by atoms with Crippen LogP contribution in [0.4, 0.5) is 0 Å². The first kappa shape index (κ1) is 16.4. The van der Waals surface area contributed by atoms with Gasteiger partial charge in [-0.15, -0.1) is 0 Å². The predicted octanol–water partition coefficient (Wildman–Crippen LogP) is 6.11. The second-order valence-corrected chi connectivity index (χ2v) is 6.06. The van der Waals surface area contributed by atoms with E-state index in [0.29, 0.717) is 28.0 Å². The molecule has 0 aromatic heterocycles. The van der Waals surface area contributed by atoms with Crippen molar-refractivity contribution in [3.8, 4) is 22.9 Å². The Morgan fingerprint density at radius 1 is 0.917 bits per heavy atom. The number of benzene rings is 3. The highest BCUT2D eigenvalue weighted by Gasteiger charge is 2.09. The van der Waals surface area contributed by atoms with Crippen LogP contribution in [0.25, 0.3) is 11.1 Å². The number of nitrogens with zero attached hydrogens (tertiary/aromatic N) is 1. The van der Waals surface area contributed by atoms with E-state index in [1.807, 2.05) is 42.5 Å². The highest BCUT2D eigenvalue weighted by atomic mass is 35.5. The molecule has 118 valence electrons. The minimum atomic E-state index is 0.413. The normalized spacial score (nSPS) is 10.2. The average Bonchev–Trinajstić information content (AvgIpc) is 2.61. The van der Waals surface area contributed by atoms with Crippen LogP contribution in [0.3, 0.4) is 0 Å². The van der Waals surface area contributed by atoms with Crippen LogP contribution in [0.1, 0.15) is 11.1 Å². The van der Waals surface area contributed by atoms with Gasteiger partial charge in [-0.2, -0.15) is 5.26 Å². The highest BCUT2D eigenvalue weighted by molar-refractivity contribution is 6.36. The molecular formula is C20H13Cl2NO. The van der Waals surface area contributed by atoms with Crippen molar-refractivity contribution in [3.05, 3.63) is 87.9 Å². The molecule has 0 unspecified atom stereocenters. The molecule has 0 heterocycles. The quantitative estimate of drug-likeness (QED) is 0.566. The average molecular weight is 354 g/mol. The van der Waals surface area contributed by atoms with Crippen LogP contribution in [0.2, 0.25) is 10.0 Å². The van der Waals surface area contributed by atoms with Crippen LogP contribution in [0.15, 0.2) is 66.7 Å². The monoisotopic (exact) mass is 353 g/mol. The zero-order valence-electron chi connectivity index (χ0n) is 12.7. The Kier molecular flexibility index (Phi) is 5.05.